The molecule has 0 atom stereocenters. The molecule has 1 aromatic carbocycles. The minimum Gasteiger partial charge on any atom is -0.284 e. The van der Waals surface area contributed by atoms with E-state index in [1.165, 1.54) is 24.3 Å². The molecule has 0 amide bonds. The van der Waals surface area contributed by atoms with E-state index in [1.807, 2.05) is 0 Å². The number of sulfone groups is 1. The molecule has 0 unspecified atom stereocenters. The standard InChI is InChI=1S/C10H15NO4S2/c1-3-7-17(14,15)11-9-5-4-6-10(8-9)16(2,12)13/h4-6,8,11H,3,7H2,1-2H3. The van der Waals surface area contributed by atoms with Crippen LogP contribution in [0.3, 0.4) is 0 Å². The molecule has 0 aliphatic rings. The lowest BCUT2D eigenvalue weighted by Crippen LogP contribution is -2.16. The number of hydrogen-bond acceptors (Lipinski definition) is 4. The summed E-state index contributed by atoms with van der Waals surface area (Å²) in [6.45, 7) is 1.76. The lowest BCUT2D eigenvalue weighted by atomic mass is 10.3. The van der Waals surface area contributed by atoms with E-state index in [2.05, 4.69) is 4.72 Å². The minimum absolute atomic E-state index is 0.0100. The molecule has 0 heterocycles. The molecule has 1 rings (SSSR count). The number of rotatable bonds is 5. The number of benzene rings is 1. The van der Waals surface area contributed by atoms with E-state index in [0.29, 0.717) is 6.42 Å². The Hall–Kier alpha value is -1.08. The fourth-order valence-corrected chi connectivity index (χ4v) is 3.08. The monoisotopic (exact) mass is 277 g/mol. The highest BCUT2D eigenvalue weighted by Crippen LogP contribution is 2.16. The van der Waals surface area contributed by atoms with E-state index in [1.54, 1.807) is 6.92 Å². The van der Waals surface area contributed by atoms with Crippen molar-refractivity contribution in [3.05, 3.63) is 24.3 Å². The second kappa shape index (κ2) is 5.05. The summed E-state index contributed by atoms with van der Waals surface area (Å²) in [5.41, 5.74) is 0.265. The molecule has 0 aliphatic heterocycles. The van der Waals surface area contributed by atoms with E-state index in [0.717, 1.165) is 6.26 Å². The van der Waals surface area contributed by atoms with Gasteiger partial charge in [0.2, 0.25) is 10.0 Å². The molecule has 0 fully saturated rings. The molecule has 96 valence electrons. The largest absolute Gasteiger partial charge is 0.284 e. The predicted octanol–water partition coefficient (Wildman–Crippen LogP) is 1.24. The Morgan fingerprint density at radius 3 is 2.35 bits per heavy atom. The van der Waals surface area contributed by atoms with E-state index < -0.39 is 19.9 Å². The maximum Gasteiger partial charge on any atom is 0.232 e. The molecule has 0 radical (unpaired) electrons. The molecule has 0 spiro atoms. The summed E-state index contributed by atoms with van der Waals surface area (Å²) in [6.07, 6.45) is 1.58. The first kappa shape index (κ1) is 14.0. The molecule has 17 heavy (non-hydrogen) atoms. The number of anilines is 1. The summed E-state index contributed by atoms with van der Waals surface area (Å²) in [5.74, 6) is 0.0100. The Morgan fingerprint density at radius 1 is 1.18 bits per heavy atom. The van der Waals surface area contributed by atoms with Crippen molar-refractivity contribution in [3.63, 3.8) is 0 Å². The van der Waals surface area contributed by atoms with Crippen LogP contribution in [-0.4, -0.2) is 28.8 Å². The topological polar surface area (TPSA) is 80.3 Å². The molecule has 0 aromatic heterocycles. The highest BCUT2D eigenvalue weighted by molar-refractivity contribution is 7.92. The Morgan fingerprint density at radius 2 is 1.82 bits per heavy atom. The second-order valence-electron chi connectivity index (χ2n) is 3.72. The summed E-state index contributed by atoms with van der Waals surface area (Å²) in [6, 6.07) is 5.75. The lowest BCUT2D eigenvalue weighted by molar-refractivity contribution is 0.598. The first-order valence-corrected chi connectivity index (χ1v) is 8.59. The normalized spacial score (nSPS) is 12.4. The van der Waals surface area contributed by atoms with Gasteiger partial charge in [0.1, 0.15) is 0 Å². The van der Waals surface area contributed by atoms with Gasteiger partial charge in [0.15, 0.2) is 9.84 Å². The van der Waals surface area contributed by atoms with E-state index >= 15 is 0 Å². The first-order chi connectivity index (χ1) is 7.74. The van der Waals surface area contributed by atoms with Crippen molar-refractivity contribution in [1.82, 2.24) is 0 Å². The zero-order chi connectivity index (χ0) is 13.1. The number of hydrogen-bond donors (Lipinski definition) is 1. The minimum atomic E-state index is -3.39. The van der Waals surface area contributed by atoms with Crippen molar-refractivity contribution in [3.8, 4) is 0 Å². The first-order valence-electron chi connectivity index (χ1n) is 5.05. The molecule has 5 nitrogen and oxygen atoms in total. The van der Waals surface area contributed by atoms with Gasteiger partial charge in [0.05, 0.1) is 10.6 Å². The van der Waals surface area contributed by atoms with Crippen LogP contribution in [0.25, 0.3) is 0 Å². The predicted molar refractivity (Wildman–Crippen MR) is 67.3 cm³/mol. The van der Waals surface area contributed by atoms with Crippen molar-refractivity contribution >= 4 is 25.5 Å². The quantitative estimate of drug-likeness (QED) is 0.878. The molecule has 0 bridgehead atoms. The van der Waals surface area contributed by atoms with Gasteiger partial charge >= 0.3 is 0 Å². The van der Waals surface area contributed by atoms with Crippen molar-refractivity contribution in [1.29, 1.82) is 0 Å². The summed E-state index contributed by atoms with van der Waals surface area (Å²) in [5, 5.41) is 0. The average molecular weight is 277 g/mol. The summed E-state index contributed by atoms with van der Waals surface area (Å²) < 4.78 is 47.9. The van der Waals surface area contributed by atoms with Crippen LogP contribution in [-0.2, 0) is 19.9 Å². The summed E-state index contributed by atoms with van der Waals surface area (Å²) in [4.78, 5) is 0.0919. The van der Waals surface area contributed by atoms with Gasteiger partial charge in [-0.15, -0.1) is 0 Å². The lowest BCUT2D eigenvalue weighted by Gasteiger charge is -2.07. The fourth-order valence-electron chi connectivity index (χ4n) is 1.29. The van der Waals surface area contributed by atoms with Crippen molar-refractivity contribution < 1.29 is 16.8 Å². The Bertz CT molecular complexity index is 590. The highest BCUT2D eigenvalue weighted by Gasteiger charge is 2.11. The number of nitrogens with one attached hydrogen (secondary N) is 1. The van der Waals surface area contributed by atoms with Gasteiger partial charge in [-0.1, -0.05) is 13.0 Å². The molecular formula is C10H15NO4S2. The molecule has 1 aromatic rings. The third-order valence-corrected chi connectivity index (χ3v) is 4.61. The Labute approximate surface area is 102 Å². The maximum atomic E-state index is 11.5. The van der Waals surface area contributed by atoms with Gasteiger partial charge in [0, 0.05) is 11.9 Å². The van der Waals surface area contributed by atoms with Gasteiger partial charge in [-0.25, -0.2) is 16.8 Å². The Balaban J connectivity index is 3.03. The summed E-state index contributed by atoms with van der Waals surface area (Å²) in [7, 11) is -6.72. The highest BCUT2D eigenvalue weighted by atomic mass is 32.2. The van der Waals surface area contributed by atoms with Crippen LogP contribution >= 0.6 is 0 Å². The molecule has 0 saturated carbocycles. The van der Waals surface area contributed by atoms with E-state index in [4.69, 9.17) is 0 Å². The van der Waals surface area contributed by atoms with Crippen LogP contribution < -0.4 is 4.72 Å². The van der Waals surface area contributed by atoms with E-state index in [-0.39, 0.29) is 16.3 Å². The number of sulfonamides is 1. The fraction of sp³-hybridized carbons (Fsp3) is 0.400. The molecule has 1 N–H and O–H groups in total. The van der Waals surface area contributed by atoms with Crippen molar-refractivity contribution in [2.75, 3.05) is 16.7 Å². The smallest absolute Gasteiger partial charge is 0.232 e. The van der Waals surface area contributed by atoms with Crippen molar-refractivity contribution in [2.24, 2.45) is 0 Å². The van der Waals surface area contributed by atoms with Crippen molar-refractivity contribution in [2.45, 2.75) is 18.2 Å². The molecule has 7 heteroatoms. The zero-order valence-corrected chi connectivity index (χ0v) is 11.3. The van der Waals surface area contributed by atoms with Gasteiger partial charge in [-0.2, -0.15) is 0 Å². The zero-order valence-electron chi connectivity index (χ0n) is 9.67. The van der Waals surface area contributed by atoms with Gasteiger partial charge < -0.3 is 0 Å². The summed E-state index contributed by atoms with van der Waals surface area (Å²) >= 11 is 0. The molecule has 0 saturated heterocycles. The van der Waals surface area contributed by atoms with E-state index in [9.17, 15) is 16.8 Å². The van der Waals surface area contributed by atoms with Crippen LogP contribution in [0.1, 0.15) is 13.3 Å². The Kier molecular flexibility index (Phi) is 4.16. The van der Waals surface area contributed by atoms with Gasteiger partial charge in [-0.05, 0) is 24.6 Å². The molecular weight excluding hydrogens is 262 g/mol. The van der Waals surface area contributed by atoms with Crippen LogP contribution in [0.5, 0.6) is 0 Å². The van der Waals surface area contributed by atoms with Gasteiger partial charge in [0.25, 0.3) is 0 Å². The SMILES string of the molecule is CCCS(=O)(=O)Nc1cccc(S(C)(=O)=O)c1. The van der Waals surface area contributed by atoms with Crippen LogP contribution in [0, 0.1) is 0 Å². The third kappa shape index (κ3) is 4.35. The molecule has 0 aliphatic carbocycles. The third-order valence-electron chi connectivity index (χ3n) is 2.01. The van der Waals surface area contributed by atoms with Crippen LogP contribution in [0.4, 0.5) is 5.69 Å². The van der Waals surface area contributed by atoms with Gasteiger partial charge in [-0.3, -0.25) is 4.72 Å². The average Bonchev–Trinajstić information content (AvgIpc) is 2.15. The second-order valence-corrected chi connectivity index (χ2v) is 7.58. The van der Waals surface area contributed by atoms with Crippen LogP contribution in [0.2, 0.25) is 0 Å². The maximum absolute atomic E-state index is 11.5. The van der Waals surface area contributed by atoms with Crippen LogP contribution in [0.15, 0.2) is 29.2 Å².